The molecular weight excluding hydrogens is 356 g/mol. The summed E-state index contributed by atoms with van der Waals surface area (Å²) in [6.45, 7) is 0. The first-order valence-corrected chi connectivity index (χ1v) is 8.40. The van der Waals surface area contributed by atoms with Crippen LogP contribution in [0.1, 0.15) is 18.2 Å². The molecule has 1 aliphatic rings. The number of rotatable bonds is 4. The van der Waals surface area contributed by atoms with Gasteiger partial charge >= 0.3 is 12.0 Å². The van der Waals surface area contributed by atoms with Crippen molar-refractivity contribution in [1.82, 2.24) is 9.63 Å². The molecule has 3 aromatic rings. The Hall–Kier alpha value is -2.83. The Morgan fingerprint density at radius 2 is 1.92 bits per heavy atom. The first-order valence-electron chi connectivity index (χ1n) is 8.03. The SMILES string of the molecule is CON1C(=O)n2c(cc3ccc(Cl)cc32)C1CC(=O)Oc1ccccc1. The third-order valence-corrected chi connectivity index (χ3v) is 4.57. The number of hydrogen-bond donors (Lipinski definition) is 0. The first-order chi connectivity index (χ1) is 12.6. The van der Waals surface area contributed by atoms with E-state index in [9.17, 15) is 9.59 Å². The minimum Gasteiger partial charge on any atom is -0.426 e. The van der Waals surface area contributed by atoms with Gasteiger partial charge in [-0.2, -0.15) is 5.06 Å². The number of aromatic nitrogens is 1. The number of hydrogen-bond acceptors (Lipinski definition) is 4. The second-order valence-corrected chi connectivity index (χ2v) is 6.34. The summed E-state index contributed by atoms with van der Waals surface area (Å²) in [4.78, 5) is 30.3. The molecule has 0 radical (unpaired) electrons. The van der Waals surface area contributed by atoms with Crippen molar-refractivity contribution in [3.8, 4) is 5.75 Å². The summed E-state index contributed by atoms with van der Waals surface area (Å²) >= 11 is 6.06. The predicted octanol–water partition coefficient (Wildman–Crippen LogP) is 4.18. The van der Waals surface area contributed by atoms with E-state index in [1.54, 1.807) is 36.4 Å². The summed E-state index contributed by atoms with van der Waals surface area (Å²) in [5, 5.41) is 2.58. The van der Waals surface area contributed by atoms with Gasteiger partial charge in [0.1, 0.15) is 11.8 Å². The number of hydroxylamine groups is 2. The highest BCUT2D eigenvalue weighted by molar-refractivity contribution is 6.31. The van der Waals surface area contributed by atoms with E-state index < -0.39 is 12.0 Å². The molecule has 0 saturated heterocycles. The molecule has 6 nitrogen and oxygen atoms in total. The van der Waals surface area contributed by atoms with E-state index >= 15 is 0 Å². The fourth-order valence-corrected chi connectivity index (χ4v) is 3.38. The Kier molecular flexibility index (Phi) is 4.14. The Morgan fingerprint density at radius 3 is 2.65 bits per heavy atom. The second kappa shape index (κ2) is 6.48. The second-order valence-electron chi connectivity index (χ2n) is 5.91. The van der Waals surface area contributed by atoms with Gasteiger partial charge in [-0.3, -0.25) is 14.2 Å². The molecule has 0 aliphatic carbocycles. The number of carbonyl (C=O) groups is 2. The molecule has 0 spiro atoms. The highest BCUT2D eigenvalue weighted by Gasteiger charge is 2.40. The maximum absolute atomic E-state index is 12.7. The van der Waals surface area contributed by atoms with Gasteiger partial charge in [-0.15, -0.1) is 0 Å². The van der Waals surface area contributed by atoms with Gasteiger partial charge in [0, 0.05) is 10.4 Å². The van der Waals surface area contributed by atoms with E-state index in [1.807, 2.05) is 18.2 Å². The molecule has 1 aromatic heterocycles. The van der Waals surface area contributed by atoms with E-state index in [0.29, 0.717) is 22.0 Å². The quantitative estimate of drug-likeness (QED) is 0.510. The summed E-state index contributed by atoms with van der Waals surface area (Å²) in [7, 11) is 1.40. The molecule has 1 unspecified atom stereocenters. The molecule has 132 valence electrons. The number of fused-ring (bicyclic) bond motifs is 3. The Morgan fingerprint density at radius 1 is 1.15 bits per heavy atom. The zero-order chi connectivity index (χ0) is 18.3. The molecule has 1 atom stereocenters. The van der Waals surface area contributed by atoms with Crippen LogP contribution < -0.4 is 4.74 Å². The Bertz CT molecular complexity index is 999. The number of para-hydroxylation sites is 1. The normalized spacial score (nSPS) is 16.2. The zero-order valence-corrected chi connectivity index (χ0v) is 14.6. The van der Waals surface area contributed by atoms with Crippen LogP contribution in [-0.4, -0.2) is 28.7 Å². The van der Waals surface area contributed by atoms with Gasteiger partial charge in [-0.25, -0.2) is 4.79 Å². The minimum absolute atomic E-state index is 0.0292. The molecule has 1 amide bonds. The van der Waals surface area contributed by atoms with E-state index in [-0.39, 0.29) is 12.5 Å². The Balaban J connectivity index is 1.67. The largest absolute Gasteiger partial charge is 0.426 e. The van der Waals surface area contributed by atoms with Gasteiger partial charge in [-0.1, -0.05) is 35.9 Å². The van der Waals surface area contributed by atoms with Crippen molar-refractivity contribution in [2.24, 2.45) is 0 Å². The maximum Gasteiger partial charge on any atom is 0.353 e. The van der Waals surface area contributed by atoms with Gasteiger partial charge in [-0.05, 0) is 30.3 Å². The van der Waals surface area contributed by atoms with Crippen molar-refractivity contribution in [2.75, 3.05) is 7.11 Å². The van der Waals surface area contributed by atoms with Crippen LogP contribution in [0.3, 0.4) is 0 Å². The van der Waals surface area contributed by atoms with Crippen molar-refractivity contribution >= 4 is 34.5 Å². The molecule has 0 saturated carbocycles. The summed E-state index contributed by atoms with van der Waals surface area (Å²) in [6, 6.07) is 15.0. The topological polar surface area (TPSA) is 60.8 Å². The average molecular weight is 371 g/mol. The molecule has 4 rings (SSSR count). The van der Waals surface area contributed by atoms with Crippen LogP contribution in [0.15, 0.2) is 54.6 Å². The van der Waals surface area contributed by atoms with Crippen LogP contribution in [0, 0.1) is 0 Å². The van der Waals surface area contributed by atoms with Crippen molar-refractivity contribution in [3.63, 3.8) is 0 Å². The third-order valence-electron chi connectivity index (χ3n) is 4.33. The lowest BCUT2D eigenvalue weighted by Gasteiger charge is -2.20. The van der Waals surface area contributed by atoms with Crippen LogP contribution in [-0.2, 0) is 9.63 Å². The number of carbonyl (C=O) groups excluding carboxylic acids is 2. The van der Waals surface area contributed by atoms with E-state index in [0.717, 1.165) is 5.39 Å². The van der Waals surface area contributed by atoms with Crippen LogP contribution in [0.2, 0.25) is 5.02 Å². The lowest BCUT2D eigenvalue weighted by Crippen LogP contribution is -2.30. The molecule has 26 heavy (non-hydrogen) atoms. The first kappa shape index (κ1) is 16.6. The van der Waals surface area contributed by atoms with Gasteiger partial charge in [0.25, 0.3) is 0 Å². The van der Waals surface area contributed by atoms with Gasteiger partial charge in [0.2, 0.25) is 0 Å². The van der Waals surface area contributed by atoms with E-state index in [2.05, 4.69) is 0 Å². The molecule has 1 aliphatic heterocycles. The molecular formula is C19H15ClN2O4. The van der Waals surface area contributed by atoms with Crippen LogP contribution in [0.4, 0.5) is 4.79 Å². The summed E-state index contributed by atoms with van der Waals surface area (Å²) in [5.41, 5.74) is 1.35. The van der Waals surface area contributed by atoms with Gasteiger partial charge < -0.3 is 4.74 Å². The van der Waals surface area contributed by atoms with Crippen LogP contribution in [0.25, 0.3) is 10.9 Å². The van der Waals surface area contributed by atoms with Crippen molar-refractivity contribution < 1.29 is 19.2 Å². The number of nitrogens with zero attached hydrogens (tertiary/aromatic N) is 2. The summed E-state index contributed by atoms with van der Waals surface area (Å²) < 4.78 is 6.87. The maximum atomic E-state index is 12.7. The lowest BCUT2D eigenvalue weighted by atomic mass is 10.1. The fraction of sp³-hybridized carbons (Fsp3) is 0.158. The molecule has 0 N–H and O–H groups in total. The highest BCUT2D eigenvalue weighted by atomic mass is 35.5. The molecule has 7 heteroatoms. The third kappa shape index (κ3) is 2.73. The van der Waals surface area contributed by atoms with Crippen LogP contribution in [0.5, 0.6) is 5.75 Å². The predicted molar refractivity (Wildman–Crippen MR) is 96.0 cm³/mol. The lowest BCUT2D eigenvalue weighted by molar-refractivity contribution is -0.143. The summed E-state index contributed by atoms with van der Waals surface area (Å²) in [6.07, 6.45) is -0.0292. The van der Waals surface area contributed by atoms with Crippen molar-refractivity contribution in [1.29, 1.82) is 0 Å². The van der Waals surface area contributed by atoms with Crippen molar-refractivity contribution in [3.05, 3.63) is 65.3 Å². The molecule has 0 fully saturated rings. The number of ether oxygens (including phenoxy) is 1. The van der Waals surface area contributed by atoms with Gasteiger partial charge in [0.15, 0.2) is 0 Å². The Labute approximate surface area is 154 Å². The van der Waals surface area contributed by atoms with Crippen LogP contribution >= 0.6 is 11.6 Å². The fourth-order valence-electron chi connectivity index (χ4n) is 3.22. The zero-order valence-electron chi connectivity index (χ0n) is 13.9. The molecule has 2 heterocycles. The number of benzene rings is 2. The molecule has 2 aromatic carbocycles. The minimum atomic E-state index is -0.574. The van der Waals surface area contributed by atoms with Gasteiger partial charge in [0.05, 0.1) is 24.7 Å². The monoisotopic (exact) mass is 370 g/mol. The molecule has 0 bridgehead atoms. The number of esters is 1. The van der Waals surface area contributed by atoms with E-state index in [4.69, 9.17) is 21.2 Å². The highest BCUT2D eigenvalue weighted by Crippen LogP contribution is 2.37. The smallest absolute Gasteiger partial charge is 0.353 e. The van der Waals surface area contributed by atoms with Crippen molar-refractivity contribution in [2.45, 2.75) is 12.5 Å². The van der Waals surface area contributed by atoms with E-state index in [1.165, 1.54) is 16.7 Å². The number of halogens is 1. The number of amides is 1. The average Bonchev–Trinajstić information content (AvgIpc) is 3.11. The standard InChI is InChI=1S/C19H15ClN2O4/c1-25-22-17(11-18(23)26-14-5-3-2-4-6-14)16-9-12-7-8-13(20)10-15(12)21(16)19(22)24/h2-10,17H,11H2,1H3. The summed E-state index contributed by atoms with van der Waals surface area (Å²) in [5.74, 6) is 0.00547.